The number of ether oxygens (including phenoxy) is 2. The molecule has 2 aromatic carbocycles. The van der Waals surface area contributed by atoms with Crippen LogP contribution in [0.3, 0.4) is 0 Å². The predicted octanol–water partition coefficient (Wildman–Crippen LogP) is 4.27. The molecule has 0 bridgehead atoms. The fourth-order valence-electron chi connectivity index (χ4n) is 4.93. The first-order chi connectivity index (χ1) is 17.5. The van der Waals surface area contributed by atoms with Crippen molar-refractivity contribution in [2.75, 3.05) is 24.8 Å². The summed E-state index contributed by atoms with van der Waals surface area (Å²) in [6.45, 7) is 6.41. The van der Waals surface area contributed by atoms with E-state index in [-0.39, 0.29) is 18.6 Å². The van der Waals surface area contributed by atoms with Gasteiger partial charge < -0.3 is 19.7 Å². The van der Waals surface area contributed by atoms with Gasteiger partial charge in [-0.25, -0.2) is 4.98 Å². The Bertz CT molecular complexity index is 1420. The molecule has 0 saturated carbocycles. The van der Waals surface area contributed by atoms with E-state index in [1.165, 1.54) is 5.56 Å². The molecule has 0 aliphatic carbocycles. The van der Waals surface area contributed by atoms with Gasteiger partial charge in [0.1, 0.15) is 5.82 Å². The normalized spacial score (nSPS) is 15.4. The molecule has 1 amide bonds. The first-order valence-corrected chi connectivity index (χ1v) is 12.4. The maximum atomic E-state index is 12.9. The van der Waals surface area contributed by atoms with Crippen molar-refractivity contribution < 1.29 is 14.3 Å². The van der Waals surface area contributed by atoms with E-state index in [1.807, 2.05) is 35.7 Å². The lowest BCUT2D eigenvalue weighted by Crippen LogP contribution is -2.41. The van der Waals surface area contributed by atoms with Gasteiger partial charge in [0.05, 0.1) is 5.69 Å². The molecule has 2 aliphatic heterocycles. The summed E-state index contributed by atoms with van der Waals surface area (Å²) in [5, 5.41) is 7.98. The number of aromatic nitrogens is 3. The van der Waals surface area contributed by atoms with Gasteiger partial charge in [-0.05, 0) is 44.4 Å². The topological polar surface area (TPSA) is 81.0 Å². The van der Waals surface area contributed by atoms with E-state index in [0.717, 1.165) is 71.4 Å². The van der Waals surface area contributed by atoms with E-state index in [9.17, 15) is 4.79 Å². The number of hydrogen-bond donors (Lipinski definition) is 1. The Labute approximate surface area is 209 Å². The Kier molecular flexibility index (Phi) is 5.71. The van der Waals surface area contributed by atoms with Crippen LogP contribution in [0.15, 0.2) is 54.6 Å². The van der Waals surface area contributed by atoms with Crippen molar-refractivity contribution in [1.29, 1.82) is 0 Å². The molecule has 0 spiro atoms. The summed E-state index contributed by atoms with van der Waals surface area (Å²) in [5.41, 5.74) is 6.00. The van der Waals surface area contributed by atoms with Gasteiger partial charge in [0.25, 0.3) is 0 Å². The van der Waals surface area contributed by atoms with E-state index in [4.69, 9.17) is 19.6 Å². The average Bonchev–Trinajstić information content (AvgIpc) is 3.54. The summed E-state index contributed by atoms with van der Waals surface area (Å²) in [6, 6.07) is 18.3. The molecule has 184 valence electrons. The molecule has 8 heteroatoms. The highest BCUT2D eigenvalue weighted by Crippen LogP contribution is 2.32. The summed E-state index contributed by atoms with van der Waals surface area (Å²) >= 11 is 0. The van der Waals surface area contributed by atoms with Gasteiger partial charge >= 0.3 is 0 Å². The number of benzene rings is 2. The minimum atomic E-state index is -0.00516. The molecule has 4 heterocycles. The lowest BCUT2D eigenvalue weighted by atomic mass is 9.95. The number of hydrogen-bond acceptors (Lipinski definition) is 6. The van der Waals surface area contributed by atoms with Gasteiger partial charge in [0, 0.05) is 48.9 Å². The number of piperidine rings is 1. The third kappa shape index (κ3) is 4.34. The molecule has 6 rings (SSSR count). The van der Waals surface area contributed by atoms with Crippen LogP contribution in [0, 0.1) is 19.8 Å². The lowest BCUT2D eigenvalue weighted by Gasteiger charge is -2.33. The van der Waals surface area contributed by atoms with Gasteiger partial charge in [-0.2, -0.15) is 9.61 Å². The SMILES string of the molecule is Cc1ccc(-c2cc3nc(C)cc(N4CCC(C(=O)NCc5ccc6c(c5)OCO6)CC4)n3n2)cc1. The third-order valence-corrected chi connectivity index (χ3v) is 6.98. The molecule has 1 N–H and O–H groups in total. The highest BCUT2D eigenvalue weighted by molar-refractivity contribution is 5.79. The summed E-state index contributed by atoms with van der Waals surface area (Å²) < 4.78 is 12.7. The average molecular weight is 484 g/mol. The van der Waals surface area contributed by atoms with Gasteiger partial charge in [-0.15, -0.1) is 0 Å². The van der Waals surface area contributed by atoms with Crippen molar-refractivity contribution in [3.05, 3.63) is 71.4 Å². The fourth-order valence-corrected chi connectivity index (χ4v) is 4.93. The highest BCUT2D eigenvalue weighted by Gasteiger charge is 2.27. The van der Waals surface area contributed by atoms with Gasteiger partial charge in [-0.1, -0.05) is 35.9 Å². The van der Waals surface area contributed by atoms with Crippen LogP contribution < -0.4 is 19.7 Å². The van der Waals surface area contributed by atoms with Crippen LogP contribution in [0.25, 0.3) is 16.9 Å². The molecule has 1 saturated heterocycles. The smallest absolute Gasteiger partial charge is 0.231 e. The van der Waals surface area contributed by atoms with Gasteiger partial charge in [0.2, 0.25) is 12.7 Å². The molecular weight excluding hydrogens is 454 g/mol. The van der Waals surface area contributed by atoms with E-state index < -0.39 is 0 Å². The molecule has 1 fully saturated rings. The molecule has 2 aromatic heterocycles. The molecule has 0 unspecified atom stereocenters. The Morgan fingerprint density at radius 3 is 2.58 bits per heavy atom. The molecular formula is C28H29N5O3. The van der Waals surface area contributed by atoms with Crippen LogP contribution in [0.5, 0.6) is 11.5 Å². The zero-order valence-corrected chi connectivity index (χ0v) is 20.5. The van der Waals surface area contributed by atoms with E-state index in [1.54, 1.807) is 0 Å². The van der Waals surface area contributed by atoms with Crippen molar-refractivity contribution >= 4 is 17.4 Å². The van der Waals surface area contributed by atoms with Crippen molar-refractivity contribution in [3.8, 4) is 22.8 Å². The molecule has 0 atom stereocenters. The number of aryl methyl sites for hydroxylation is 2. The quantitative estimate of drug-likeness (QED) is 0.457. The standard InChI is InChI=1S/C28H29N5O3/c1-18-3-6-21(7-4-18)23-15-26-30-19(2)13-27(33(26)31-23)32-11-9-22(10-12-32)28(34)29-16-20-5-8-24-25(14-20)36-17-35-24/h3-8,13-15,22H,9-12,16-17H2,1-2H3,(H,29,34). The minimum Gasteiger partial charge on any atom is -0.454 e. The van der Waals surface area contributed by atoms with Gasteiger partial charge in [0.15, 0.2) is 17.1 Å². The number of carbonyl (C=O) groups is 1. The number of fused-ring (bicyclic) bond motifs is 2. The number of carbonyl (C=O) groups excluding carboxylic acids is 1. The zero-order valence-electron chi connectivity index (χ0n) is 20.5. The number of anilines is 1. The number of rotatable bonds is 5. The van der Waals surface area contributed by atoms with E-state index in [0.29, 0.717) is 6.54 Å². The first kappa shape index (κ1) is 22.4. The number of nitrogens with one attached hydrogen (secondary N) is 1. The molecule has 2 aliphatic rings. The summed E-state index contributed by atoms with van der Waals surface area (Å²) in [6.07, 6.45) is 1.59. The van der Waals surface area contributed by atoms with Crippen molar-refractivity contribution in [2.24, 2.45) is 5.92 Å². The lowest BCUT2D eigenvalue weighted by molar-refractivity contribution is -0.125. The number of amides is 1. The second-order valence-electron chi connectivity index (χ2n) is 9.59. The van der Waals surface area contributed by atoms with Crippen LogP contribution in [0.4, 0.5) is 5.82 Å². The molecule has 4 aromatic rings. The Balaban J connectivity index is 1.12. The molecule has 8 nitrogen and oxygen atoms in total. The Hall–Kier alpha value is -4.07. The minimum absolute atomic E-state index is 0.00516. The highest BCUT2D eigenvalue weighted by atomic mass is 16.7. The molecule has 0 radical (unpaired) electrons. The predicted molar refractivity (Wildman–Crippen MR) is 137 cm³/mol. The van der Waals surface area contributed by atoms with E-state index in [2.05, 4.69) is 47.5 Å². The molecule has 36 heavy (non-hydrogen) atoms. The third-order valence-electron chi connectivity index (χ3n) is 6.98. The largest absolute Gasteiger partial charge is 0.454 e. The van der Waals surface area contributed by atoms with E-state index >= 15 is 0 Å². The van der Waals surface area contributed by atoms with Gasteiger partial charge in [-0.3, -0.25) is 4.79 Å². The van der Waals surface area contributed by atoms with Crippen LogP contribution >= 0.6 is 0 Å². The summed E-state index contributed by atoms with van der Waals surface area (Å²) in [4.78, 5) is 19.9. The maximum Gasteiger partial charge on any atom is 0.231 e. The Morgan fingerprint density at radius 2 is 1.78 bits per heavy atom. The zero-order chi connectivity index (χ0) is 24.6. The summed E-state index contributed by atoms with van der Waals surface area (Å²) in [7, 11) is 0. The number of nitrogens with zero attached hydrogens (tertiary/aromatic N) is 4. The first-order valence-electron chi connectivity index (χ1n) is 12.4. The van der Waals surface area contributed by atoms with Crippen molar-refractivity contribution in [2.45, 2.75) is 33.2 Å². The monoisotopic (exact) mass is 483 g/mol. The fraction of sp³-hybridized carbons (Fsp3) is 0.321. The second kappa shape index (κ2) is 9.18. The summed E-state index contributed by atoms with van der Waals surface area (Å²) in [5.74, 6) is 2.60. The van der Waals surface area contributed by atoms with Crippen molar-refractivity contribution in [3.63, 3.8) is 0 Å². The van der Waals surface area contributed by atoms with Crippen LogP contribution in [-0.4, -0.2) is 40.4 Å². The second-order valence-corrected chi connectivity index (χ2v) is 9.59. The van der Waals surface area contributed by atoms with Crippen molar-refractivity contribution in [1.82, 2.24) is 19.9 Å². The van der Waals surface area contributed by atoms with Crippen LogP contribution in [0.2, 0.25) is 0 Å². The van der Waals surface area contributed by atoms with Crippen LogP contribution in [0.1, 0.15) is 29.7 Å². The van der Waals surface area contributed by atoms with Crippen LogP contribution in [-0.2, 0) is 11.3 Å². The maximum absolute atomic E-state index is 12.9. The Morgan fingerprint density at radius 1 is 1.00 bits per heavy atom.